The van der Waals surface area contributed by atoms with Gasteiger partial charge in [0.1, 0.15) is 12.1 Å². The van der Waals surface area contributed by atoms with Crippen LogP contribution >= 0.6 is 0 Å². The lowest BCUT2D eigenvalue weighted by Gasteiger charge is -2.34. The summed E-state index contributed by atoms with van der Waals surface area (Å²) in [6.07, 6.45) is 6.60. The maximum Gasteiger partial charge on any atom is 0.101 e. The van der Waals surface area contributed by atoms with Crippen molar-refractivity contribution >= 4 is 0 Å². The molecule has 1 aliphatic rings. The molecule has 246 valence electrons. The van der Waals surface area contributed by atoms with Gasteiger partial charge in [-0.3, -0.25) is 9.97 Å². The van der Waals surface area contributed by atoms with Gasteiger partial charge in [-0.05, 0) is 81.9 Å². The highest BCUT2D eigenvalue weighted by atomic mass is 14.7. The molecule has 8 aromatic rings. The molecule has 0 saturated heterocycles. The predicted octanol–water partition coefficient (Wildman–Crippen LogP) is 10.0. The van der Waals surface area contributed by atoms with Gasteiger partial charge in [0.05, 0.1) is 39.3 Å². The van der Waals surface area contributed by atoms with Gasteiger partial charge in [-0.2, -0.15) is 10.5 Å². The first-order chi connectivity index (χ1) is 26.1. The highest BCUT2D eigenvalue weighted by molar-refractivity contribution is 5.90. The Morgan fingerprint density at radius 1 is 0.396 bits per heavy atom. The normalized spacial score (nSPS) is 12.3. The molecule has 0 amide bonds. The fourth-order valence-corrected chi connectivity index (χ4v) is 7.60. The van der Waals surface area contributed by atoms with E-state index >= 15 is 0 Å². The van der Waals surface area contributed by atoms with Crippen LogP contribution in [0.4, 0.5) is 0 Å². The van der Waals surface area contributed by atoms with Crippen LogP contribution in [0.1, 0.15) is 33.4 Å². The molecule has 9 rings (SSSR count). The average Bonchev–Trinajstić information content (AvgIpc) is 3.54. The lowest BCUT2D eigenvalue weighted by molar-refractivity contribution is 0.769. The van der Waals surface area contributed by atoms with Gasteiger partial charge in [0, 0.05) is 47.0 Å². The summed E-state index contributed by atoms with van der Waals surface area (Å²) in [5.41, 5.74) is 14.0. The average molecular weight is 677 g/mol. The number of nitrogens with zero attached hydrogens (tertiary/aromatic N) is 6. The topological polar surface area (TPSA) is 99.1 Å². The zero-order valence-corrected chi connectivity index (χ0v) is 28.3. The summed E-state index contributed by atoms with van der Waals surface area (Å²) in [4.78, 5) is 18.7. The third-order valence-electron chi connectivity index (χ3n) is 9.97. The molecule has 0 bridgehead atoms. The fourth-order valence-electron chi connectivity index (χ4n) is 7.60. The number of nitriles is 2. The van der Waals surface area contributed by atoms with E-state index in [4.69, 9.17) is 9.97 Å². The third kappa shape index (κ3) is 5.34. The second kappa shape index (κ2) is 13.0. The first kappa shape index (κ1) is 31.4. The molecule has 53 heavy (non-hydrogen) atoms. The predicted molar refractivity (Wildman–Crippen MR) is 206 cm³/mol. The summed E-state index contributed by atoms with van der Waals surface area (Å²) in [6, 6.07) is 54.7. The van der Waals surface area contributed by atoms with E-state index in [9.17, 15) is 10.5 Å². The van der Waals surface area contributed by atoms with E-state index in [1.54, 1.807) is 24.8 Å². The van der Waals surface area contributed by atoms with Crippen LogP contribution in [0.5, 0.6) is 0 Å². The maximum absolute atomic E-state index is 9.48. The highest BCUT2D eigenvalue weighted by Gasteiger charge is 2.46. The molecule has 0 spiro atoms. The van der Waals surface area contributed by atoms with E-state index in [1.165, 1.54) is 11.1 Å². The Morgan fingerprint density at radius 3 is 1.23 bits per heavy atom. The molecule has 6 nitrogen and oxygen atoms in total. The molecule has 0 N–H and O–H groups in total. The van der Waals surface area contributed by atoms with E-state index in [1.807, 2.05) is 48.5 Å². The van der Waals surface area contributed by atoms with Crippen molar-refractivity contribution in [2.75, 3.05) is 0 Å². The van der Waals surface area contributed by atoms with Crippen LogP contribution in [0.3, 0.4) is 0 Å². The third-order valence-corrected chi connectivity index (χ3v) is 9.97. The Kier molecular flexibility index (Phi) is 7.70. The number of hydrogen-bond acceptors (Lipinski definition) is 6. The van der Waals surface area contributed by atoms with Crippen molar-refractivity contribution in [3.05, 3.63) is 204 Å². The lowest BCUT2D eigenvalue weighted by Crippen LogP contribution is -2.28. The molecule has 1 aliphatic carbocycles. The molecule has 0 unspecified atom stereocenters. The Labute approximate surface area is 307 Å². The van der Waals surface area contributed by atoms with Crippen molar-refractivity contribution in [3.8, 4) is 68.3 Å². The number of benzene rings is 4. The van der Waals surface area contributed by atoms with Gasteiger partial charge in [0.15, 0.2) is 0 Å². The molecule has 6 heteroatoms. The Balaban J connectivity index is 1.25. The van der Waals surface area contributed by atoms with Crippen LogP contribution in [0.2, 0.25) is 0 Å². The minimum Gasteiger partial charge on any atom is -0.263 e. The van der Waals surface area contributed by atoms with Gasteiger partial charge < -0.3 is 0 Å². The number of pyridine rings is 4. The molecule has 0 fully saturated rings. The van der Waals surface area contributed by atoms with Crippen LogP contribution < -0.4 is 0 Å². The second-order valence-electron chi connectivity index (χ2n) is 13.0. The number of hydrogen-bond donors (Lipinski definition) is 0. The van der Waals surface area contributed by atoms with E-state index in [-0.39, 0.29) is 0 Å². The van der Waals surface area contributed by atoms with Crippen molar-refractivity contribution in [2.45, 2.75) is 5.41 Å². The van der Waals surface area contributed by atoms with Crippen LogP contribution in [-0.2, 0) is 5.41 Å². The summed E-state index contributed by atoms with van der Waals surface area (Å²) in [6.45, 7) is 0. The molecule has 4 aromatic carbocycles. The zero-order valence-electron chi connectivity index (χ0n) is 28.3. The van der Waals surface area contributed by atoms with E-state index in [2.05, 4.69) is 119 Å². The summed E-state index contributed by atoms with van der Waals surface area (Å²) in [5.74, 6) is 0. The van der Waals surface area contributed by atoms with Crippen molar-refractivity contribution in [3.63, 3.8) is 0 Å². The quantitative estimate of drug-likeness (QED) is 0.174. The summed E-state index contributed by atoms with van der Waals surface area (Å²) in [7, 11) is 0. The first-order valence-corrected chi connectivity index (χ1v) is 17.2. The number of rotatable bonds is 6. The molecule has 0 aliphatic heterocycles. The Morgan fingerprint density at radius 2 is 0.811 bits per heavy atom. The largest absolute Gasteiger partial charge is 0.263 e. The van der Waals surface area contributed by atoms with Crippen LogP contribution in [0.25, 0.3) is 56.2 Å². The standard InChI is InChI=1S/C47H28N6/c48-25-31-21-35(29-50-27-31)45-15-7-13-43(52-45)33-17-19-39-40-20-18-34(44-14-8-16-46(53-44)36-22-32(26-49)28-51-30-36)24-42(40)47(41(39)23-33,37-9-3-1-4-10-37)38-11-5-2-6-12-38/h1-24,27-30H. The van der Waals surface area contributed by atoms with Crippen molar-refractivity contribution in [2.24, 2.45) is 0 Å². The Hall–Kier alpha value is -7.54. The first-order valence-electron chi connectivity index (χ1n) is 17.2. The molecule has 4 aromatic heterocycles. The van der Waals surface area contributed by atoms with Gasteiger partial charge in [-0.15, -0.1) is 0 Å². The lowest BCUT2D eigenvalue weighted by atomic mass is 9.67. The van der Waals surface area contributed by atoms with E-state index in [0.717, 1.165) is 67.3 Å². The Bertz CT molecular complexity index is 2570. The number of aromatic nitrogens is 4. The summed E-state index contributed by atoms with van der Waals surface area (Å²) in [5, 5.41) is 19.0. The van der Waals surface area contributed by atoms with Gasteiger partial charge in [0.2, 0.25) is 0 Å². The molecule has 0 saturated carbocycles. The van der Waals surface area contributed by atoms with Crippen LogP contribution in [0, 0.1) is 22.7 Å². The molecular formula is C47H28N6. The minimum atomic E-state index is -0.648. The van der Waals surface area contributed by atoms with E-state index < -0.39 is 5.41 Å². The smallest absolute Gasteiger partial charge is 0.101 e. The fraction of sp³-hybridized carbons (Fsp3) is 0.0213. The van der Waals surface area contributed by atoms with Gasteiger partial charge in [-0.1, -0.05) is 97.1 Å². The van der Waals surface area contributed by atoms with Crippen molar-refractivity contribution in [1.82, 2.24) is 19.9 Å². The zero-order chi connectivity index (χ0) is 35.8. The highest BCUT2D eigenvalue weighted by Crippen LogP contribution is 2.57. The molecule has 4 heterocycles. The second-order valence-corrected chi connectivity index (χ2v) is 13.0. The molecule has 0 radical (unpaired) electrons. The SMILES string of the molecule is N#Cc1cncc(-c2cccc(-c3ccc4c(c3)C(c3ccccc3)(c3ccccc3)c3cc(-c5cccc(-c6cncc(C#N)c6)n5)ccc3-4)n2)c1. The molecule has 0 atom stereocenters. The number of fused-ring (bicyclic) bond motifs is 3. The van der Waals surface area contributed by atoms with Gasteiger partial charge >= 0.3 is 0 Å². The van der Waals surface area contributed by atoms with Crippen LogP contribution in [0.15, 0.2) is 170 Å². The van der Waals surface area contributed by atoms with Crippen LogP contribution in [-0.4, -0.2) is 19.9 Å². The maximum atomic E-state index is 9.48. The van der Waals surface area contributed by atoms with Gasteiger partial charge in [-0.25, -0.2) is 9.97 Å². The monoisotopic (exact) mass is 676 g/mol. The van der Waals surface area contributed by atoms with E-state index in [0.29, 0.717) is 11.1 Å². The van der Waals surface area contributed by atoms with Crippen molar-refractivity contribution in [1.29, 1.82) is 10.5 Å². The summed E-state index contributed by atoms with van der Waals surface area (Å²) < 4.78 is 0. The molecular weight excluding hydrogens is 649 g/mol. The van der Waals surface area contributed by atoms with Crippen molar-refractivity contribution < 1.29 is 0 Å². The van der Waals surface area contributed by atoms with Gasteiger partial charge in [0.25, 0.3) is 0 Å². The summed E-state index contributed by atoms with van der Waals surface area (Å²) >= 11 is 0. The minimum absolute atomic E-state index is 0.493.